The molecule has 2 atom stereocenters. The molecule has 1 heterocycles. The Bertz CT molecular complexity index is 1050. The van der Waals surface area contributed by atoms with Crippen LogP contribution in [-0.4, -0.2) is 52.1 Å². The van der Waals surface area contributed by atoms with Gasteiger partial charge in [-0.15, -0.1) is 0 Å². The summed E-state index contributed by atoms with van der Waals surface area (Å²) in [5.74, 6) is 0.663. The minimum Gasteiger partial charge on any atom is -0.493 e. The van der Waals surface area contributed by atoms with Gasteiger partial charge in [0.2, 0.25) is 10.0 Å². The highest BCUT2D eigenvalue weighted by Crippen LogP contribution is 2.44. The van der Waals surface area contributed by atoms with Crippen LogP contribution < -0.4 is 9.47 Å². The standard InChI is InChI=1S/C23H29NO6S/c1-6-23(18-9-12-20(28-4)21(13-18)29-5)15-24(14-22(23)30-17(3)25)31(26,27)19-10-7-16(2)8-11-19/h7-13,22H,6,14-15H2,1-5H3/t22-,23+/m0/s1. The molecule has 0 aliphatic carbocycles. The zero-order chi connectivity index (χ0) is 22.8. The van der Waals surface area contributed by atoms with Gasteiger partial charge in [-0.2, -0.15) is 4.31 Å². The van der Waals surface area contributed by atoms with Crippen LogP contribution in [0, 0.1) is 6.92 Å². The quantitative estimate of drug-likeness (QED) is 0.606. The minimum absolute atomic E-state index is 0.0813. The molecule has 8 heteroatoms. The summed E-state index contributed by atoms with van der Waals surface area (Å²) in [6.45, 7) is 5.48. The summed E-state index contributed by atoms with van der Waals surface area (Å²) in [5.41, 5.74) is 1.09. The number of esters is 1. The van der Waals surface area contributed by atoms with E-state index in [2.05, 4.69) is 0 Å². The number of hydrogen-bond acceptors (Lipinski definition) is 6. The Morgan fingerprint density at radius 1 is 1.10 bits per heavy atom. The van der Waals surface area contributed by atoms with Gasteiger partial charge < -0.3 is 14.2 Å². The maximum Gasteiger partial charge on any atom is 0.302 e. The number of carbonyl (C=O) groups excluding carboxylic acids is 1. The van der Waals surface area contributed by atoms with Crippen molar-refractivity contribution in [3.63, 3.8) is 0 Å². The molecule has 0 aromatic heterocycles. The summed E-state index contributed by atoms with van der Waals surface area (Å²) >= 11 is 0. The van der Waals surface area contributed by atoms with Crippen molar-refractivity contribution < 1.29 is 27.4 Å². The summed E-state index contributed by atoms with van der Waals surface area (Å²) in [7, 11) is -0.652. The molecule has 7 nitrogen and oxygen atoms in total. The second-order valence-electron chi connectivity index (χ2n) is 7.79. The molecular formula is C23H29NO6S. The van der Waals surface area contributed by atoms with Gasteiger partial charge in [0, 0.05) is 18.9 Å². The number of aryl methyl sites for hydroxylation is 1. The summed E-state index contributed by atoms with van der Waals surface area (Å²) in [6, 6.07) is 12.3. The minimum atomic E-state index is -3.76. The van der Waals surface area contributed by atoms with Gasteiger partial charge in [-0.3, -0.25) is 4.79 Å². The van der Waals surface area contributed by atoms with Crippen LogP contribution in [0.3, 0.4) is 0 Å². The molecule has 0 radical (unpaired) electrons. The van der Waals surface area contributed by atoms with E-state index in [-0.39, 0.29) is 18.0 Å². The SMILES string of the molecule is CC[C@]1(c2ccc(OC)c(OC)c2)CN(S(=O)(=O)c2ccc(C)cc2)C[C@@H]1OC(C)=O. The zero-order valence-electron chi connectivity index (χ0n) is 18.5. The highest BCUT2D eigenvalue weighted by Gasteiger charge is 2.52. The number of nitrogens with zero attached hydrogens (tertiary/aromatic N) is 1. The number of benzene rings is 2. The number of methoxy groups -OCH3 is 2. The Labute approximate surface area is 184 Å². The summed E-state index contributed by atoms with van der Waals surface area (Å²) in [4.78, 5) is 12.1. The molecule has 0 saturated carbocycles. The summed E-state index contributed by atoms with van der Waals surface area (Å²) in [6.07, 6.45) is -0.0614. The Morgan fingerprint density at radius 3 is 2.29 bits per heavy atom. The summed E-state index contributed by atoms with van der Waals surface area (Å²) in [5, 5.41) is 0. The normalized spacial score (nSPS) is 21.6. The van der Waals surface area contributed by atoms with E-state index in [1.807, 2.05) is 26.0 Å². The molecule has 0 spiro atoms. The van der Waals surface area contributed by atoms with E-state index in [9.17, 15) is 13.2 Å². The first-order chi connectivity index (χ1) is 14.7. The number of sulfonamides is 1. The van der Waals surface area contributed by atoms with Gasteiger partial charge in [-0.1, -0.05) is 30.7 Å². The lowest BCUT2D eigenvalue weighted by molar-refractivity contribution is -0.148. The Morgan fingerprint density at radius 2 is 1.74 bits per heavy atom. The van der Waals surface area contributed by atoms with Gasteiger partial charge in [0.05, 0.1) is 25.7 Å². The predicted octanol–water partition coefficient (Wildman–Crippen LogP) is 3.30. The molecule has 1 fully saturated rings. The topological polar surface area (TPSA) is 82.1 Å². The maximum atomic E-state index is 13.4. The maximum absolute atomic E-state index is 13.4. The van der Waals surface area contributed by atoms with Crippen LogP contribution in [0.5, 0.6) is 11.5 Å². The summed E-state index contributed by atoms with van der Waals surface area (Å²) < 4.78 is 44.6. The molecule has 31 heavy (non-hydrogen) atoms. The average molecular weight is 448 g/mol. The van der Waals surface area contributed by atoms with Crippen molar-refractivity contribution in [2.75, 3.05) is 27.3 Å². The molecule has 0 bridgehead atoms. The lowest BCUT2D eigenvalue weighted by Gasteiger charge is -2.34. The van der Waals surface area contributed by atoms with E-state index < -0.39 is 27.5 Å². The molecule has 0 amide bonds. The zero-order valence-corrected chi connectivity index (χ0v) is 19.4. The molecule has 2 aromatic carbocycles. The van der Waals surface area contributed by atoms with Crippen molar-refractivity contribution in [3.05, 3.63) is 53.6 Å². The van der Waals surface area contributed by atoms with Crippen molar-refractivity contribution >= 4 is 16.0 Å². The van der Waals surface area contributed by atoms with Crippen molar-refractivity contribution in [1.29, 1.82) is 0 Å². The van der Waals surface area contributed by atoms with Gasteiger partial charge in [0.15, 0.2) is 11.5 Å². The Kier molecular flexibility index (Phi) is 6.62. The van der Waals surface area contributed by atoms with Crippen molar-refractivity contribution in [2.24, 2.45) is 0 Å². The predicted molar refractivity (Wildman–Crippen MR) is 117 cm³/mol. The Hall–Kier alpha value is -2.58. The van der Waals surface area contributed by atoms with E-state index >= 15 is 0 Å². The number of hydrogen-bond donors (Lipinski definition) is 0. The first-order valence-electron chi connectivity index (χ1n) is 10.1. The fourth-order valence-corrected chi connectivity index (χ4v) is 5.71. The molecule has 1 aliphatic heterocycles. The van der Waals surface area contributed by atoms with Crippen molar-refractivity contribution in [3.8, 4) is 11.5 Å². The van der Waals surface area contributed by atoms with Crippen LogP contribution in [0.1, 0.15) is 31.4 Å². The molecule has 3 rings (SSSR count). The second-order valence-corrected chi connectivity index (χ2v) is 9.73. The van der Waals surface area contributed by atoms with Crippen molar-refractivity contribution in [1.82, 2.24) is 4.31 Å². The first-order valence-corrected chi connectivity index (χ1v) is 11.6. The Balaban J connectivity index is 2.08. The highest BCUT2D eigenvalue weighted by molar-refractivity contribution is 7.89. The van der Waals surface area contributed by atoms with E-state index in [0.29, 0.717) is 17.9 Å². The average Bonchev–Trinajstić information content (AvgIpc) is 3.13. The van der Waals surface area contributed by atoms with Crippen LogP contribution in [0.15, 0.2) is 47.4 Å². The van der Waals surface area contributed by atoms with Crippen LogP contribution in [0.25, 0.3) is 0 Å². The lowest BCUT2D eigenvalue weighted by atomic mass is 9.75. The smallest absolute Gasteiger partial charge is 0.302 e. The molecule has 0 unspecified atom stereocenters. The first kappa shape index (κ1) is 23.1. The third kappa shape index (κ3) is 4.27. The molecule has 2 aromatic rings. The van der Waals surface area contributed by atoms with E-state index in [1.54, 1.807) is 44.6 Å². The molecule has 168 valence electrons. The number of rotatable bonds is 7. The van der Waals surface area contributed by atoms with Gasteiger partial charge in [0.1, 0.15) is 6.10 Å². The fraction of sp³-hybridized carbons (Fsp3) is 0.435. The highest BCUT2D eigenvalue weighted by atomic mass is 32.2. The molecular weight excluding hydrogens is 418 g/mol. The van der Waals surface area contributed by atoms with E-state index in [0.717, 1.165) is 11.1 Å². The van der Waals surface area contributed by atoms with Gasteiger partial charge >= 0.3 is 5.97 Å². The fourth-order valence-electron chi connectivity index (χ4n) is 4.20. The monoisotopic (exact) mass is 447 g/mol. The second kappa shape index (κ2) is 8.88. The lowest BCUT2D eigenvalue weighted by Crippen LogP contribution is -2.41. The third-order valence-electron chi connectivity index (χ3n) is 6.00. The molecule has 0 N–H and O–H groups in total. The van der Waals surface area contributed by atoms with Crippen molar-refractivity contribution in [2.45, 2.75) is 43.6 Å². The van der Waals surface area contributed by atoms with E-state index in [4.69, 9.17) is 14.2 Å². The third-order valence-corrected chi connectivity index (χ3v) is 7.83. The van der Waals surface area contributed by atoms with Crippen LogP contribution in [0.2, 0.25) is 0 Å². The van der Waals surface area contributed by atoms with Crippen LogP contribution in [0.4, 0.5) is 0 Å². The number of ether oxygens (including phenoxy) is 3. The van der Waals surface area contributed by atoms with Gasteiger partial charge in [0.25, 0.3) is 0 Å². The largest absolute Gasteiger partial charge is 0.493 e. The van der Waals surface area contributed by atoms with Crippen LogP contribution >= 0.6 is 0 Å². The number of carbonyl (C=O) groups is 1. The van der Waals surface area contributed by atoms with Crippen LogP contribution in [-0.2, 0) is 25.0 Å². The molecule has 1 saturated heterocycles. The van der Waals surface area contributed by atoms with Gasteiger partial charge in [-0.25, -0.2) is 8.42 Å². The molecule has 1 aliphatic rings. The van der Waals surface area contributed by atoms with E-state index in [1.165, 1.54) is 11.2 Å². The van der Waals surface area contributed by atoms with Gasteiger partial charge in [-0.05, 0) is 43.2 Å².